The van der Waals surface area contributed by atoms with Gasteiger partial charge in [-0.25, -0.2) is 4.98 Å². The van der Waals surface area contributed by atoms with Gasteiger partial charge in [0, 0.05) is 6.20 Å². The molecule has 3 aromatic heterocycles. The van der Waals surface area contributed by atoms with Crippen LogP contribution in [0.3, 0.4) is 0 Å². The highest BCUT2D eigenvalue weighted by Crippen LogP contribution is 2.23. The maximum absolute atomic E-state index is 5.16. The van der Waals surface area contributed by atoms with Gasteiger partial charge in [-0.15, -0.1) is 11.3 Å². The Kier molecular flexibility index (Phi) is 2.41. The molecule has 0 bridgehead atoms. The Morgan fingerprint density at radius 2 is 2.18 bits per heavy atom. The van der Waals surface area contributed by atoms with Crippen molar-refractivity contribution >= 4 is 11.3 Å². The number of aromatic nitrogens is 4. The van der Waals surface area contributed by atoms with Gasteiger partial charge in [0.25, 0.3) is 5.89 Å². The molecule has 0 aromatic carbocycles. The molecule has 3 heterocycles. The molecule has 0 N–H and O–H groups in total. The van der Waals surface area contributed by atoms with E-state index in [0.29, 0.717) is 17.4 Å². The maximum Gasteiger partial charge on any atom is 0.278 e. The Morgan fingerprint density at radius 1 is 1.24 bits per heavy atom. The summed E-state index contributed by atoms with van der Waals surface area (Å²) >= 11 is 1.57. The second-order valence-electron chi connectivity index (χ2n) is 3.44. The number of rotatable bonds is 2. The van der Waals surface area contributed by atoms with Gasteiger partial charge in [-0.2, -0.15) is 4.98 Å². The second-order valence-corrected chi connectivity index (χ2v) is 4.39. The third-order valence-corrected chi connectivity index (χ3v) is 3.03. The first-order chi connectivity index (χ1) is 8.33. The number of aryl methyl sites for hydroxylation is 1. The van der Waals surface area contributed by atoms with E-state index in [4.69, 9.17) is 4.52 Å². The first kappa shape index (κ1) is 10.1. The molecule has 3 rings (SSSR count). The number of nitrogens with zero attached hydrogens (tertiary/aromatic N) is 4. The van der Waals surface area contributed by atoms with E-state index < -0.39 is 0 Å². The molecule has 6 heteroatoms. The van der Waals surface area contributed by atoms with Crippen LogP contribution in [-0.4, -0.2) is 20.1 Å². The minimum atomic E-state index is 0.390. The Hall–Kier alpha value is -2.08. The van der Waals surface area contributed by atoms with E-state index in [2.05, 4.69) is 20.1 Å². The Labute approximate surface area is 101 Å². The van der Waals surface area contributed by atoms with E-state index in [-0.39, 0.29) is 0 Å². The Morgan fingerprint density at radius 3 is 2.88 bits per heavy atom. The minimum Gasteiger partial charge on any atom is -0.332 e. The summed E-state index contributed by atoms with van der Waals surface area (Å²) in [5.74, 6) is 0.971. The predicted molar refractivity (Wildman–Crippen MR) is 63.4 cm³/mol. The van der Waals surface area contributed by atoms with Crippen molar-refractivity contribution in [3.8, 4) is 22.3 Å². The molecule has 3 aromatic rings. The zero-order valence-corrected chi connectivity index (χ0v) is 9.81. The zero-order valence-electron chi connectivity index (χ0n) is 8.99. The molecule has 0 fully saturated rings. The summed E-state index contributed by atoms with van der Waals surface area (Å²) in [7, 11) is 0. The molecular formula is C11H8N4OS. The summed E-state index contributed by atoms with van der Waals surface area (Å²) in [4.78, 5) is 13.6. The van der Waals surface area contributed by atoms with Crippen molar-refractivity contribution < 1.29 is 4.52 Å². The summed E-state index contributed by atoms with van der Waals surface area (Å²) in [5.41, 5.74) is 1.44. The molecule has 17 heavy (non-hydrogen) atoms. The fourth-order valence-corrected chi connectivity index (χ4v) is 1.99. The van der Waals surface area contributed by atoms with Crippen LogP contribution in [-0.2, 0) is 0 Å². The molecule has 0 saturated carbocycles. The van der Waals surface area contributed by atoms with Gasteiger partial charge in [-0.1, -0.05) is 11.2 Å². The van der Waals surface area contributed by atoms with Gasteiger partial charge >= 0.3 is 0 Å². The van der Waals surface area contributed by atoms with Crippen LogP contribution in [0.1, 0.15) is 5.69 Å². The van der Waals surface area contributed by atoms with Gasteiger partial charge in [0.05, 0.1) is 16.8 Å². The number of hydrogen-bond donors (Lipinski definition) is 0. The van der Waals surface area contributed by atoms with E-state index in [9.17, 15) is 0 Å². The van der Waals surface area contributed by atoms with Crippen LogP contribution >= 0.6 is 11.3 Å². The van der Waals surface area contributed by atoms with Crippen molar-refractivity contribution in [2.24, 2.45) is 0 Å². The van der Waals surface area contributed by atoms with E-state index in [1.807, 2.05) is 24.4 Å². The van der Waals surface area contributed by atoms with Crippen LogP contribution in [0.25, 0.3) is 22.3 Å². The Balaban J connectivity index is 1.98. The van der Waals surface area contributed by atoms with Crippen molar-refractivity contribution in [1.82, 2.24) is 20.1 Å². The fourth-order valence-electron chi connectivity index (χ4n) is 1.34. The van der Waals surface area contributed by atoms with Crippen LogP contribution in [0.15, 0.2) is 34.4 Å². The van der Waals surface area contributed by atoms with Crippen molar-refractivity contribution in [2.45, 2.75) is 6.92 Å². The summed E-state index contributed by atoms with van der Waals surface area (Å²) in [6.07, 6.45) is 3.30. The summed E-state index contributed by atoms with van der Waals surface area (Å²) in [6.45, 7) is 1.88. The highest BCUT2D eigenvalue weighted by molar-refractivity contribution is 7.13. The third-order valence-electron chi connectivity index (χ3n) is 2.17. The molecule has 84 valence electrons. The lowest BCUT2D eigenvalue weighted by atomic mass is 10.4. The van der Waals surface area contributed by atoms with Gasteiger partial charge in [0.1, 0.15) is 5.69 Å². The number of hydrogen-bond acceptors (Lipinski definition) is 6. The smallest absolute Gasteiger partial charge is 0.278 e. The van der Waals surface area contributed by atoms with Crippen LogP contribution in [0.2, 0.25) is 0 Å². The molecule has 0 radical (unpaired) electrons. The standard InChI is InChI=1S/C11H8N4OS/c1-7-5-13-8(6-12-7)11-14-10(15-16-11)9-3-2-4-17-9/h2-6H,1H3. The van der Waals surface area contributed by atoms with Crippen molar-refractivity contribution in [2.75, 3.05) is 0 Å². The molecule has 0 unspecified atom stereocenters. The van der Waals surface area contributed by atoms with Gasteiger partial charge < -0.3 is 4.52 Å². The van der Waals surface area contributed by atoms with E-state index >= 15 is 0 Å². The van der Waals surface area contributed by atoms with Crippen LogP contribution in [0.5, 0.6) is 0 Å². The summed E-state index contributed by atoms with van der Waals surface area (Å²) in [6, 6.07) is 3.89. The zero-order chi connectivity index (χ0) is 11.7. The lowest BCUT2D eigenvalue weighted by molar-refractivity contribution is 0.431. The maximum atomic E-state index is 5.16. The van der Waals surface area contributed by atoms with Crippen molar-refractivity contribution in [3.05, 3.63) is 35.6 Å². The quantitative estimate of drug-likeness (QED) is 0.693. The third kappa shape index (κ3) is 1.94. The topological polar surface area (TPSA) is 64.7 Å². The second kappa shape index (κ2) is 4.06. The molecule has 0 amide bonds. The van der Waals surface area contributed by atoms with Crippen LogP contribution in [0, 0.1) is 6.92 Å². The predicted octanol–water partition coefficient (Wildman–Crippen LogP) is 2.56. The van der Waals surface area contributed by atoms with Gasteiger partial charge in [-0.3, -0.25) is 4.98 Å². The molecule has 0 saturated heterocycles. The average molecular weight is 244 g/mol. The molecular weight excluding hydrogens is 236 g/mol. The molecule has 0 atom stereocenters. The molecule has 5 nitrogen and oxygen atoms in total. The molecule has 0 aliphatic rings. The summed E-state index contributed by atoms with van der Waals surface area (Å²) < 4.78 is 5.16. The fraction of sp³-hybridized carbons (Fsp3) is 0.0909. The molecule has 0 aliphatic heterocycles. The number of thiophene rings is 1. The van der Waals surface area contributed by atoms with E-state index in [1.165, 1.54) is 0 Å². The normalized spacial score (nSPS) is 10.6. The van der Waals surface area contributed by atoms with Gasteiger partial charge in [-0.05, 0) is 18.4 Å². The van der Waals surface area contributed by atoms with E-state index in [0.717, 1.165) is 10.6 Å². The van der Waals surface area contributed by atoms with Crippen LogP contribution < -0.4 is 0 Å². The van der Waals surface area contributed by atoms with Crippen LogP contribution in [0.4, 0.5) is 0 Å². The lowest BCUT2D eigenvalue weighted by Gasteiger charge is -1.92. The SMILES string of the molecule is Cc1cnc(-c2nc(-c3cccs3)no2)cn1. The molecule has 0 aliphatic carbocycles. The first-order valence-electron chi connectivity index (χ1n) is 4.99. The van der Waals surface area contributed by atoms with Crippen molar-refractivity contribution in [1.29, 1.82) is 0 Å². The molecule has 0 spiro atoms. The van der Waals surface area contributed by atoms with E-state index in [1.54, 1.807) is 23.7 Å². The largest absolute Gasteiger partial charge is 0.332 e. The minimum absolute atomic E-state index is 0.390. The highest BCUT2D eigenvalue weighted by Gasteiger charge is 2.12. The highest BCUT2D eigenvalue weighted by atomic mass is 32.1. The first-order valence-corrected chi connectivity index (χ1v) is 5.87. The van der Waals surface area contributed by atoms with Gasteiger partial charge in [0.2, 0.25) is 5.82 Å². The Bertz CT molecular complexity index is 615. The monoisotopic (exact) mass is 244 g/mol. The lowest BCUT2D eigenvalue weighted by Crippen LogP contribution is -1.87. The summed E-state index contributed by atoms with van der Waals surface area (Å²) in [5, 5.41) is 5.88. The van der Waals surface area contributed by atoms with Crippen molar-refractivity contribution in [3.63, 3.8) is 0 Å². The van der Waals surface area contributed by atoms with Gasteiger partial charge in [0.15, 0.2) is 0 Å². The average Bonchev–Trinajstić information content (AvgIpc) is 3.00.